The van der Waals surface area contributed by atoms with Crippen molar-refractivity contribution in [3.63, 3.8) is 0 Å². The summed E-state index contributed by atoms with van der Waals surface area (Å²) in [5.74, 6) is 2.31. The Morgan fingerprint density at radius 1 is 0.311 bits per heavy atom. The first-order valence-corrected chi connectivity index (χ1v) is 27.3. The van der Waals surface area contributed by atoms with Gasteiger partial charge in [0.05, 0.1) is 11.4 Å². The molecule has 9 aromatic carbocycles. The summed E-state index contributed by atoms with van der Waals surface area (Å²) in [6, 6.07) is 88.4. The Labute approximate surface area is 434 Å². The number of benzene rings is 9. The van der Waals surface area contributed by atoms with Crippen molar-refractivity contribution in [1.29, 1.82) is 0 Å². The van der Waals surface area contributed by atoms with Crippen LogP contribution < -0.4 is 0 Å². The highest BCUT2D eigenvalue weighted by Gasteiger charge is 2.71. The second-order valence-electron chi connectivity index (χ2n) is 22.9. The summed E-state index contributed by atoms with van der Waals surface area (Å²) >= 11 is 0. The van der Waals surface area contributed by atoms with Crippen molar-refractivity contribution in [3.05, 3.63) is 264 Å². The van der Waals surface area contributed by atoms with E-state index >= 15 is 0 Å². The molecule has 6 bridgehead atoms. The molecule has 2 heteroatoms. The first kappa shape index (κ1) is 42.6. The quantitative estimate of drug-likeness (QED) is 0.176. The van der Waals surface area contributed by atoms with E-state index in [-0.39, 0.29) is 16.2 Å². The van der Waals surface area contributed by atoms with Crippen molar-refractivity contribution in [1.82, 2.24) is 9.97 Å². The third kappa shape index (κ3) is 6.00. The Hall–Kier alpha value is -7.94. The average Bonchev–Trinajstić information content (AvgIpc) is 3.83. The molecule has 3 saturated carbocycles. The van der Waals surface area contributed by atoms with Crippen molar-refractivity contribution < 1.29 is 0 Å². The van der Waals surface area contributed by atoms with Gasteiger partial charge in [0.15, 0.2) is 5.82 Å². The fourth-order valence-electron chi connectivity index (χ4n) is 17.3. The molecule has 7 atom stereocenters. The van der Waals surface area contributed by atoms with E-state index in [0.717, 1.165) is 53.2 Å². The van der Waals surface area contributed by atoms with Crippen molar-refractivity contribution in [2.45, 2.75) is 78.9 Å². The Bertz CT molecular complexity index is 3820. The van der Waals surface area contributed by atoms with Crippen LogP contribution in [-0.4, -0.2) is 9.97 Å². The Morgan fingerprint density at radius 3 is 1.32 bits per heavy atom. The molecule has 0 saturated heterocycles. The Morgan fingerprint density at radius 2 is 0.730 bits per heavy atom. The van der Waals surface area contributed by atoms with Crippen LogP contribution in [0.2, 0.25) is 0 Å². The maximum Gasteiger partial charge on any atom is 0.160 e. The minimum atomic E-state index is -0.184. The van der Waals surface area contributed by atoms with Crippen LogP contribution in [0.4, 0.5) is 0 Å². The molecule has 1 heterocycles. The lowest BCUT2D eigenvalue weighted by Crippen LogP contribution is -2.64. The second kappa shape index (κ2) is 16.0. The molecular weight excluding hydrogens is 893 g/mol. The van der Waals surface area contributed by atoms with Crippen LogP contribution in [0.3, 0.4) is 0 Å². The van der Waals surface area contributed by atoms with Gasteiger partial charge >= 0.3 is 0 Å². The monoisotopic (exact) mass is 948 g/mol. The lowest BCUT2D eigenvalue weighted by atomic mass is 9.36. The summed E-state index contributed by atoms with van der Waals surface area (Å²) in [7, 11) is 0. The number of rotatable bonds is 4. The van der Waals surface area contributed by atoms with E-state index in [1.165, 1.54) is 70.2 Å². The molecule has 0 N–H and O–H groups in total. The highest BCUT2D eigenvalue weighted by molar-refractivity contribution is 5.86. The molecule has 0 amide bonds. The molecule has 3 spiro atoms. The minimum absolute atomic E-state index is 0.0834. The molecule has 0 radical (unpaired) electrons. The van der Waals surface area contributed by atoms with E-state index in [0.29, 0.717) is 23.7 Å². The Balaban J connectivity index is 0.974. The normalized spacial score (nSPS) is 25.1. The van der Waals surface area contributed by atoms with Gasteiger partial charge in [0.1, 0.15) is 0 Å². The van der Waals surface area contributed by atoms with E-state index in [1.54, 1.807) is 33.4 Å². The highest BCUT2D eigenvalue weighted by atomic mass is 14.9. The van der Waals surface area contributed by atoms with Crippen molar-refractivity contribution in [2.75, 3.05) is 0 Å². The van der Waals surface area contributed by atoms with Gasteiger partial charge in [-0.05, 0) is 153 Å². The van der Waals surface area contributed by atoms with Gasteiger partial charge in [0, 0.05) is 32.9 Å². The van der Waals surface area contributed by atoms with Crippen molar-refractivity contribution in [3.8, 4) is 78.4 Å². The lowest BCUT2D eigenvalue weighted by molar-refractivity contribution is -0.0408. The van der Waals surface area contributed by atoms with Gasteiger partial charge < -0.3 is 0 Å². The van der Waals surface area contributed by atoms with Gasteiger partial charge in [-0.25, -0.2) is 9.97 Å². The summed E-state index contributed by atoms with van der Waals surface area (Å²) < 4.78 is 0. The molecule has 354 valence electrons. The molecule has 16 rings (SSSR count). The SMILES string of the molecule is c1ccc(-c2cc(-c3ccccc3)nc(-c3ccc(-c4cccc5c4C46CC7CC8(CCC9CC(CC(C4)c4ccccc4-5)(c4ccccc4-c4ccccc49)C86)c4ccccc4-c4ccccc47)cc3)n2)cc1. The zero-order valence-corrected chi connectivity index (χ0v) is 41.6. The molecular formula is C72H56N2. The van der Waals surface area contributed by atoms with Crippen LogP contribution in [-0.2, 0) is 16.2 Å². The first-order valence-electron chi connectivity index (χ1n) is 27.3. The lowest BCUT2D eigenvalue weighted by Gasteiger charge is -2.67. The van der Waals surface area contributed by atoms with Crippen molar-refractivity contribution >= 4 is 0 Å². The van der Waals surface area contributed by atoms with E-state index in [9.17, 15) is 0 Å². The van der Waals surface area contributed by atoms with E-state index in [2.05, 4.69) is 231 Å². The van der Waals surface area contributed by atoms with Crippen LogP contribution in [0.1, 0.15) is 96.1 Å². The molecule has 10 aromatic rings. The zero-order chi connectivity index (χ0) is 48.6. The fraction of sp³-hybridized carbons (Fsp3) is 0.194. The third-order valence-corrected chi connectivity index (χ3v) is 19.5. The van der Waals surface area contributed by atoms with Crippen LogP contribution in [0.5, 0.6) is 0 Å². The van der Waals surface area contributed by atoms with Gasteiger partial charge in [0.25, 0.3) is 0 Å². The zero-order valence-electron chi connectivity index (χ0n) is 41.6. The van der Waals surface area contributed by atoms with Crippen LogP contribution in [0.25, 0.3) is 78.4 Å². The van der Waals surface area contributed by atoms with Gasteiger partial charge in [-0.1, -0.05) is 224 Å². The van der Waals surface area contributed by atoms with Gasteiger partial charge in [-0.15, -0.1) is 0 Å². The summed E-state index contributed by atoms with van der Waals surface area (Å²) in [5.41, 5.74) is 25.5. The van der Waals surface area contributed by atoms with Crippen LogP contribution in [0.15, 0.2) is 231 Å². The summed E-state index contributed by atoms with van der Waals surface area (Å²) in [4.78, 5) is 10.6. The molecule has 74 heavy (non-hydrogen) atoms. The molecule has 7 unspecified atom stereocenters. The number of hydrogen-bond donors (Lipinski definition) is 0. The number of hydrogen-bond acceptors (Lipinski definition) is 2. The molecule has 1 aromatic heterocycles. The average molecular weight is 949 g/mol. The maximum absolute atomic E-state index is 5.28. The van der Waals surface area contributed by atoms with Crippen LogP contribution in [0, 0.1) is 5.92 Å². The number of fused-ring (bicyclic) bond motifs is 15. The minimum Gasteiger partial charge on any atom is -0.228 e. The van der Waals surface area contributed by atoms with Gasteiger partial charge in [0.2, 0.25) is 0 Å². The predicted molar refractivity (Wildman–Crippen MR) is 302 cm³/mol. The van der Waals surface area contributed by atoms with Gasteiger partial charge in [-0.3, -0.25) is 0 Å². The van der Waals surface area contributed by atoms with Crippen molar-refractivity contribution in [2.24, 2.45) is 5.92 Å². The standard InChI is InChI=1S/C72H56N2/c1-3-18-47(19-4-1)65-40-66(48-20-5-2-6-21-48)74-68(73-65)49-36-34-46(35-37-49)56-30-17-31-62-59-27-12-9-24-55(59)52-43-71-41-50(53-22-7-10-25-57(53)61-29-14-16-33-64(61)71)38-39-70-42-51(44-72(45-52,67(56)62)69(70)71)54-23-8-11-26-58(54)60-28-13-15-32-63(60)70/h1-37,40,50-52,69H,38-39,41-45H2. The van der Waals surface area contributed by atoms with Crippen LogP contribution >= 0.6 is 0 Å². The summed E-state index contributed by atoms with van der Waals surface area (Å²) in [5, 5.41) is 0. The predicted octanol–water partition coefficient (Wildman–Crippen LogP) is 17.9. The second-order valence-corrected chi connectivity index (χ2v) is 22.9. The molecule has 6 aliphatic rings. The molecule has 0 aliphatic heterocycles. The van der Waals surface area contributed by atoms with E-state index < -0.39 is 0 Å². The number of nitrogens with zero attached hydrogens (tertiary/aromatic N) is 2. The number of aromatic nitrogens is 2. The smallest absolute Gasteiger partial charge is 0.160 e. The van der Waals surface area contributed by atoms with Gasteiger partial charge in [-0.2, -0.15) is 0 Å². The van der Waals surface area contributed by atoms with E-state index in [4.69, 9.17) is 9.97 Å². The first-order chi connectivity index (χ1) is 36.6. The summed E-state index contributed by atoms with van der Waals surface area (Å²) in [6.07, 6.45) is 8.15. The molecule has 6 aliphatic carbocycles. The topological polar surface area (TPSA) is 25.8 Å². The molecule has 3 fully saturated rings. The van der Waals surface area contributed by atoms with E-state index in [1.807, 2.05) is 0 Å². The highest BCUT2D eigenvalue weighted by Crippen LogP contribution is 2.78. The third-order valence-electron chi connectivity index (χ3n) is 19.5. The molecule has 2 nitrogen and oxygen atoms in total. The maximum atomic E-state index is 5.28. The Kier molecular flexibility index (Phi) is 9.22. The summed E-state index contributed by atoms with van der Waals surface area (Å²) in [6.45, 7) is 0. The fourth-order valence-corrected chi connectivity index (χ4v) is 17.3. The largest absolute Gasteiger partial charge is 0.228 e.